The van der Waals surface area contributed by atoms with Gasteiger partial charge in [-0.2, -0.15) is 0 Å². The molecule has 3 rings (SSSR count). The van der Waals surface area contributed by atoms with Gasteiger partial charge in [0.15, 0.2) is 0 Å². The van der Waals surface area contributed by atoms with Crippen LogP contribution in [-0.2, 0) is 4.79 Å². The lowest BCUT2D eigenvalue weighted by atomic mass is 9.95. The number of hydrogen-bond donors (Lipinski definition) is 3. The van der Waals surface area contributed by atoms with Gasteiger partial charge in [-0.05, 0) is 49.2 Å². The second kappa shape index (κ2) is 9.17. The maximum Gasteiger partial charge on any atom is 0.255 e. The highest BCUT2D eigenvalue weighted by Gasteiger charge is 2.17. The standard InChI is InChI=1S/C22H25N3O3/c1-15(26)23-19-11-6-12-20(14-19)25-22(28)17-8-5-7-16(13-17)21(27)24-18-9-3-2-4-10-18/h5-8,11-14,18H,2-4,9-10H2,1H3,(H,23,26)(H,24,27)(H,25,28). The third kappa shape index (κ3) is 5.42. The second-order valence-corrected chi connectivity index (χ2v) is 7.11. The Kier molecular flexibility index (Phi) is 6.42. The maximum atomic E-state index is 12.6. The highest BCUT2D eigenvalue weighted by molar-refractivity contribution is 6.06. The van der Waals surface area contributed by atoms with Crippen LogP contribution in [0.5, 0.6) is 0 Å². The second-order valence-electron chi connectivity index (χ2n) is 7.11. The zero-order valence-electron chi connectivity index (χ0n) is 16.0. The van der Waals surface area contributed by atoms with Crippen LogP contribution in [0.15, 0.2) is 48.5 Å². The van der Waals surface area contributed by atoms with Crippen LogP contribution in [0, 0.1) is 0 Å². The zero-order valence-corrected chi connectivity index (χ0v) is 16.0. The summed E-state index contributed by atoms with van der Waals surface area (Å²) in [6, 6.07) is 13.8. The highest BCUT2D eigenvalue weighted by atomic mass is 16.2. The average Bonchev–Trinajstić information content (AvgIpc) is 2.68. The molecule has 0 radical (unpaired) electrons. The van der Waals surface area contributed by atoms with Gasteiger partial charge in [-0.1, -0.05) is 31.4 Å². The van der Waals surface area contributed by atoms with Gasteiger partial charge >= 0.3 is 0 Å². The van der Waals surface area contributed by atoms with Crippen molar-refractivity contribution in [3.8, 4) is 0 Å². The molecule has 0 spiro atoms. The SMILES string of the molecule is CC(=O)Nc1cccc(NC(=O)c2cccc(C(=O)NC3CCCCC3)c2)c1. The molecule has 0 bridgehead atoms. The minimum Gasteiger partial charge on any atom is -0.349 e. The molecular weight excluding hydrogens is 354 g/mol. The third-order valence-corrected chi connectivity index (χ3v) is 4.77. The van der Waals surface area contributed by atoms with Crippen molar-refractivity contribution in [2.45, 2.75) is 45.1 Å². The van der Waals surface area contributed by atoms with E-state index in [4.69, 9.17) is 0 Å². The van der Waals surface area contributed by atoms with Crippen LogP contribution in [0.25, 0.3) is 0 Å². The Morgan fingerprint density at radius 1 is 0.786 bits per heavy atom. The predicted octanol–water partition coefficient (Wildman–Crippen LogP) is 3.96. The topological polar surface area (TPSA) is 87.3 Å². The molecule has 0 saturated heterocycles. The van der Waals surface area contributed by atoms with Crippen molar-refractivity contribution in [3.05, 3.63) is 59.7 Å². The fourth-order valence-corrected chi connectivity index (χ4v) is 3.40. The summed E-state index contributed by atoms with van der Waals surface area (Å²) in [5.74, 6) is -0.637. The molecule has 3 N–H and O–H groups in total. The number of rotatable bonds is 5. The molecule has 1 aliphatic rings. The number of carbonyl (C=O) groups excluding carboxylic acids is 3. The van der Waals surface area contributed by atoms with Crippen molar-refractivity contribution >= 4 is 29.1 Å². The molecule has 3 amide bonds. The first-order chi connectivity index (χ1) is 13.5. The Hall–Kier alpha value is -3.15. The summed E-state index contributed by atoms with van der Waals surface area (Å²) in [5, 5.41) is 8.54. The molecule has 0 heterocycles. The van der Waals surface area contributed by atoms with Crippen molar-refractivity contribution in [2.24, 2.45) is 0 Å². The largest absolute Gasteiger partial charge is 0.349 e. The summed E-state index contributed by atoms with van der Waals surface area (Å²) in [5.41, 5.74) is 2.05. The van der Waals surface area contributed by atoms with E-state index in [1.165, 1.54) is 13.3 Å². The lowest BCUT2D eigenvalue weighted by molar-refractivity contribution is -0.114. The van der Waals surface area contributed by atoms with E-state index >= 15 is 0 Å². The van der Waals surface area contributed by atoms with Gasteiger partial charge in [-0.25, -0.2) is 0 Å². The summed E-state index contributed by atoms with van der Waals surface area (Å²) >= 11 is 0. The van der Waals surface area contributed by atoms with Crippen molar-refractivity contribution in [1.82, 2.24) is 5.32 Å². The molecule has 1 saturated carbocycles. The van der Waals surface area contributed by atoms with Crippen LogP contribution in [0.2, 0.25) is 0 Å². The molecule has 146 valence electrons. The molecule has 28 heavy (non-hydrogen) atoms. The van der Waals surface area contributed by atoms with Gasteiger partial charge < -0.3 is 16.0 Å². The quantitative estimate of drug-likeness (QED) is 0.735. The molecule has 0 atom stereocenters. The number of benzene rings is 2. The molecule has 0 unspecified atom stereocenters. The van der Waals surface area contributed by atoms with Gasteiger partial charge in [-0.3, -0.25) is 14.4 Å². The fraction of sp³-hybridized carbons (Fsp3) is 0.318. The molecule has 2 aromatic carbocycles. The number of carbonyl (C=O) groups is 3. The minimum absolute atomic E-state index is 0.144. The minimum atomic E-state index is -0.313. The van der Waals surface area contributed by atoms with Crippen molar-refractivity contribution in [1.29, 1.82) is 0 Å². The van der Waals surface area contributed by atoms with Crippen LogP contribution in [0.3, 0.4) is 0 Å². The van der Waals surface area contributed by atoms with Gasteiger partial charge in [0.05, 0.1) is 0 Å². The summed E-state index contributed by atoms with van der Waals surface area (Å²) in [6.45, 7) is 1.43. The van der Waals surface area contributed by atoms with E-state index in [2.05, 4.69) is 16.0 Å². The third-order valence-electron chi connectivity index (χ3n) is 4.77. The lowest BCUT2D eigenvalue weighted by Gasteiger charge is -2.22. The predicted molar refractivity (Wildman–Crippen MR) is 109 cm³/mol. The normalized spacial score (nSPS) is 14.2. The average molecular weight is 379 g/mol. The van der Waals surface area contributed by atoms with Crippen LogP contribution < -0.4 is 16.0 Å². The van der Waals surface area contributed by atoms with Gasteiger partial charge in [0, 0.05) is 35.5 Å². The lowest BCUT2D eigenvalue weighted by Crippen LogP contribution is -2.36. The summed E-state index contributed by atoms with van der Waals surface area (Å²) in [7, 11) is 0. The molecular formula is C22H25N3O3. The summed E-state index contributed by atoms with van der Waals surface area (Å²) in [4.78, 5) is 36.3. The van der Waals surface area contributed by atoms with Crippen LogP contribution in [0.1, 0.15) is 59.7 Å². The monoisotopic (exact) mass is 379 g/mol. The molecule has 6 heteroatoms. The number of anilines is 2. The van der Waals surface area contributed by atoms with E-state index in [1.807, 2.05) is 0 Å². The summed E-state index contributed by atoms with van der Waals surface area (Å²) in [6.07, 6.45) is 5.54. The molecule has 0 aromatic heterocycles. The molecule has 1 aliphatic carbocycles. The van der Waals surface area contributed by atoms with E-state index in [9.17, 15) is 14.4 Å². The van der Waals surface area contributed by atoms with E-state index in [1.54, 1.807) is 48.5 Å². The number of nitrogens with one attached hydrogen (secondary N) is 3. The number of amides is 3. The zero-order chi connectivity index (χ0) is 19.9. The first kappa shape index (κ1) is 19.6. The van der Waals surface area contributed by atoms with E-state index in [-0.39, 0.29) is 23.8 Å². The highest BCUT2D eigenvalue weighted by Crippen LogP contribution is 2.19. The first-order valence-corrected chi connectivity index (χ1v) is 9.61. The van der Waals surface area contributed by atoms with Crippen molar-refractivity contribution in [2.75, 3.05) is 10.6 Å². The van der Waals surface area contributed by atoms with Crippen LogP contribution >= 0.6 is 0 Å². The Labute approximate surface area is 164 Å². The Bertz CT molecular complexity index is 873. The molecule has 2 aromatic rings. The van der Waals surface area contributed by atoms with E-state index in [0.717, 1.165) is 25.7 Å². The van der Waals surface area contributed by atoms with Crippen molar-refractivity contribution < 1.29 is 14.4 Å². The maximum absolute atomic E-state index is 12.6. The van der Waals surface area contributed by atoms with Gasteiger partial charge in [0.1, 0.15) is 0 Å². The smallest absolute Gasteiger partial charge is 0.255 e. The Morgan fingerprint density at radius 3 is 2.07 bits per heavy atom. The first-order valence-electron chi connectivity index (χ1n) is 9.61. The van der Waals surface area contributed by atoms with Crippen LogP contribution in [-0.4, -0.2) is 23.8 Å². The van der Waals surface area contributed by atoms with Gasteiger partial charge in [0.2, 0.25) is 5.91 Å². The van der Waals surface area contributed by atoms with Crippen molar-refractivity contribution in [3.63, 3.8) is 0 Å². The Balaban J connectivity index is 1.66. The Morgan fingerprint density at radius 2 is 1.39 bits per heavy atom. The van der Waals surface area contributed by atoms with E-state index < -0.39 is 0 Å². The molecule has 0 aliphatic heterocycles. The van der Waals surface area contributed by atoms with Gasteiger partial charge in [-0.15, -0.1) is 0 Å². The molecule has 1 fully saturated rings. The van der Waals surface area contributed by atoms with E-state index in [0.29, 0.717) is 22.5 Å². The van der Waals surface area contributed by atoms with Crippen LogP contribution in [0.4, 0.5) is 11.4 Å². The number of hydrogen-bond acceptors (Lipinski definition) is 3. The summed E-state index contributed by atoms with van der Waals surface area (Å²) < 4.78 is 0. The molecule has 6 nitrogen and oxygen atoms in total. The fourth-order valence-electron chi connectivity index (χ4n) is 3.40. The van der Waals surface area contributed by atoms with Gasteiger partial charge in [0.25, 0.3) is 11.8 Å².